The molecular weight excluding hydrogens is 294 g/mol. The highest BCUT2D eigenvalue weighted by Crippen LogP contribution is 2.15. The molecule has 0 aliphatic heterocycles. The van der Waals surface area contributed by atoms with Gasteiger partial charge >= 0.3 is 0 Å². The van der Waals surface area contributed by atoms with E-state index in [-0.39, 0.29) is 12.2 Å². The fraction of sp³-hybridized carbons (Fsp3) is 0.556. The number of aromatic amines is 1. The van der Waals surface area contributed by atoms with Gasteiger partial charge in [0.25, 0.3) is 5.56 Å². The molecule has 1 aromatic rings. The molecule has 0 atom stereocenters. The smallest absolute Gasteiger partial charge is 0.280 e. The highest BCUT2D eigenvalue weighted by Gasteiger charge is 2.02. The van der Waals surface area contributed by atoms with E-state index in [0.29, 0.717) is 10.2 Å². The molecule has 0 spiro atoms. The van der Waals surface area contributed by atoms with Crippen LogP contribution in [0, 0.1) is 0 Å². The lowest BCUT2D eigenvalue weighted by atomic mass is 10.4. The van der Waals surface area contributed by atoms with Gasteiger partial charge < -0.3 is 10.4 Å². The van der Waals surface area contributed by atoms with Crippen LogP contribution in [0.2, 0.25) is 0 Å². The first kappa shape index (κ1) is 13.5. The topological polar surface area (TPSA) is 78.0 Å². The van der Waals surface area contributed by atoms with Crippen LogP contribution < -0.4 is 10.9 Å². The normalized spacial score (nSPS) is 10.4. The maximum Gasteiger partial charge on any atom is 0.280 e. The summed E-state index contributed by atoms with van der Waals surface area (Å²) >= 11 is 4.95. The van der Waals surface area contributed by atoms with Crippen LogP contribution in [0.1, 0.15) is 6.42 Å². The Morgan fingerprint density at radius 1 is 1.56 bits per heavy atom. The summed E-state index contributed by atoms with van der Waals surface area (Å²) in [4.78, 5) is 11.2. The van der Waals surface area contributed by atoms with Crippen LogP contribution in [0.5, 0.6) is 0 Å². The van der Waals surface area contributed by atoms with E-state index in [1.165, 1.54) is 0 Å². The second-order valence-electron chi connectivity index (χ2n) is 3.04. The average Bonchev–Trinajstić information content (AvgIpc) is 2.29. The summed E-state index contributed by atoms with van der Waals surface area (Å²) in [5.41, 5.74) is 0.462. The molecule has 0 radical (unpaired) electrons. The average molecular weight is 308 g/mol. The molecule has 3 N–H and O–H groups in total. The number of anilines is 1. The Kier molecular flexibility index (Phi) is 6.51. The van der Waals surface area contributed by atoms with Crippen LogP contribution in [-0.4, -0.2) is 40.0 Å². The summed E-state index contributed by atoms with van der Waals surface area (Å²) in [6, 6.07) is 0. The van der Waals surface area contributed by atoms with E-state index in [9.17, 15) is 4.79 Å². The van der Waals surface area contributed by atoms with Gasteiger partial charge in [0.2, 0.25) is 0 Å². The molecule has 16 heavy (non-hydrogen) atoms. The Labute approximate surface area is 106 Å². The highest BCUT2D eigenvalue weighted by molar-refractivity contribution is 9.10. The second-order valence-corrected chi connectivity index (χ2v) is 5.06. The lowest BCUT2D eigenvalue weighted by Gasteiger charge is -2.06. The SMILES string of the molecule is O=c1[nH]ncc(NCCSCCCO)c1Br. The van der Waals surface area contributed by atoms with Crippen molar-refractivity contribution in [3.05, 3.63) is 21.0 Å². The quantitative estimate of drug-likeness (QED) is 0.657. The Morgan fingerprint density at radius 2 is 2.38 bits per heavy atom. The number of aliphatic hydroxyl groups excluding tert-OH is 1. The maximum absolute atomic E-state index is 11.2. The van der Waals surface area contributed by atoms with Crippen LogP contribution in [0.3, 0.4) is 0 Å². The van der Waals surface area contributed by atoms with Crippen LogP contribution in [-0.2, 0) is 0 Å². The molecule has 0 bridgehead atoms. The third-order valence-corrected chi connectivity index (χ3v) is 3.66. The van der Waals surface area contributed by atoms with Crippen molar-refractivity contribution in [3.63, 3.8) is 0 Å². The van der Waals surface area contributed by atoms with Gasteiger partial charge in [-0.05, 0) is 28.1 Å². The van der Waals surface area contributed by atoms with Crippen molar-refractivity contribution in [2.45, 2.75) is 6.42 Å². The van der Waals surface area contributed by atoms with Gasteiger partial charge in [-0.3, -0.25) is 4.79 Å². The Hall–Kier alpha value is -0.530. The van der Waals surface area contributed by atoms with Gasteiger partial charge in [-0.2, -0.15) is 16.9 Å². The second kappa shape index (κ2) is 7.70. The largest absolute Gasteiger partial charge is 0.396 e. The first-order valence-electron chi connectivity index (χ1n) is 4.91. The Bertz CT molecular complexity index is 372. The molecule has 5 nitrogen and oxygen atoms in total. The van der Waals surface area contributed by atoms with Crippen LogP contribution in [0.4, 0.5) is 5.69 Å². The number of halogens is 1. The number of H-pyrrole nitrogens is 1. The maximum atomic E-state index is 11.2. The minimum absolute atomic E-state index is 0.238. The summed E-state index contributed by atoms with van der Waals surface area (Å²) in [6.45, 7) is 1.00. The monoisotopic (exact) mass is 307 g/mol. The van der Waals surface area contributed by atoms with Crippen molar-refractivity contribution in [3.8, 4) is 0 Å². The predicted molar refractivity (Wildman–Crippen MR) is 70.1 cm³/mol. The van der Waals surface area contributed by atoms with E-state index in [4.69, 9.17) is 5.11 Å². The van der Waals surface area contributed by atoms with E-state index in [1.54, 1.807) is 18.0 Å². The predicted octanol–water partition coefficient (Wildman–Crippen LogP) is 1.06. The van der Waals surface area contributed by atoms with E-state index in [1.807, 2.05) is 0 Å². The van der Waals surface area contributed by atoms with Gasteiger partial charge in [0.05, 0.1) is 11.9 Å². The highest BCUT2D eigenvalue weighted by atomic mass is 79.9. The minimum Gasteiger partial charge on any atom is -0.396 e. The first-order valence-corrected chi connectivity index (χ1v) is 6.86. The number of hydrogen-bond donors (Lipinski definition) is 3. The number of rotatable bonds is 7. The molecule has 90 valence electrons. The molecule has 0 saturated carbocycles. The minimum atomic E-state index is -0.238. The molecule has 7 heteroatoms. The molecule has 0 saturated heterocycles. The van der Waals surface area contributed by atoms with E-state index < -0.39 is 0 Å². The molecule has 0 aromatic carbocycles. The number of aliphatic hydroxyl groups is 1. The number of nitrogens with one attached hydrogen (secondary N) is 2. The molecule has 0 amide bonds. The van der Waals surface area contributed by atoms with Crippen molar-refractivity contribution in [2.75, 3.05) is 30.0 Å². The zero-order valence-corrected chi connectivity index (χ0v) is 11.1. The zero-order valence-electron chi connectivity index (χ0n) is 8.70. The third kappa shape index (κ3) is 4.54. The summed E-state index contributed by atoms with van der Waals surface area (Å²) in [7, 11) is 0. The lowest BCUT2D eigenvalue weighted by Crippen LogP contribution is -2.13. The summed E-state index contributed by atoms with van der Waals surface area (Å²) in [6.07, 6.45) is 2.39. The standard InChI is InChI=1S/C9H14BrN3O2S/c10-8-7(6-12-13-9(8)15)11-2-5-16-4-1-3-14/h6,14H,1-5H2,(H2,11,13,15). The van der Waals surface area contributed by atoms with Crippen molar-refractivity contribution in [2.24, 2.45) is 0 Å². The number of nitrogens with zero attached hydrogens (tertiary/aromatic N) is 1. The van der Waals surface area contributed by atoms with Gasteiger partial charge in [0.15, 0.2) is 0 Å². The van der Waals surface area contributed by atoms with Gasteiger partial charge in [-0.25, -0.2) is 5.10 Å². The molecule has 1 rings (SSSR count). The van der Waals surface area contributed by atoms with Gasteiger partial charge in [0.1, 0.15) is 4.47 Å². The Balaban J connectivity index is 2.27. The summed E-state index contributed by atoms with van der Waals surface area (Å²) in [5, 5.41) is 17.7. The van der Waals surface area contributed by atoms with Crippen LogP contribution in [0.15, 0.2) is 15.5 Å². The molecule has 1 heterocycles. The molecule has 1 aromatic heterocycles. The van der Waals surface area contributed by atoms with Crippen molar-refractivity contribution in [1.82, 2.24) is 10.2 Å². The summed E-state index contributed by atoms with van der Waals surface area (Å²) < 4.78 is 0.475. The molecule has 0 aliphatic rings. The third-order valence-electron chi connectivity index (χ3n) is 1.80. The van der Waals surface area contributed by atoms with Crippen LogP contribution >= 0.6 is 27.7 Å². The number of hydrogen-bond acceptors (Lipinski definition) is 5. The molecule has 0 aliphatic carbocycles. The number of aromatic nitrogens is 2. The van der Waals surface area contributed by atoms with E-state index in [0.717, 1.165) is 24.5 Å². The fourth-order valence-corrected chi connectivity index (χ4v) is 2.15. The van der Waals surface area contributed by atoms with Gasteiger partial charge in [0, 0.05) is 18.9 Å². The van der Waals surface area contributed by atoms with Crippen molar-refractivity contribution < 1.29 is 5.11 Å². The lowest BCUT2D eigenvalue weighted by molar-refractivity contribution is 0.296. The fourth-order valence-electron chi connectivity index (χ4n) is 1.03. The van der Waals surface area contributed by atoms with Crippen molar-refractivity contribution in [1.29, 1.82) is 0 Å². The zero-order chi connectivity index (χ0) is 11.8. The molecular formula is C9H14BrN3O2S. The Morgan fingerprint density at radius 3 is 3.12 bits per heavy atom. The summed E-state index contributed by atoms with van der Waals surface area (Å²) in [5.74, 6) is 1.88. The molecule has 0 fully saturated rings. The van der Waals surface area contributed by atoms with Gasteiger partial charge in [-0.1, -0.05) is 0 Å². The van der Waals surface area contributed by atoms with Gasteiger partial charge in [-0.15, -0.1) is 0 Å². The van der Waals surface area contributed by atoms with Crippen molar-refractivity contribution >= 4 is 33.4 Å². The molecule has 0 unspecified atom stereocenters. The van der Waals surface area contributed by atoms with Crippen LogP contribution in [0.25, 0.3) is 0 Å². The first-order chi connectivity index (χ1) is 7.75. The van der Waals surface area contributed by atoms with E-state index >= 15 is 0 Å². The number of thioether (sulfide) groups is 1. The van der Waals surface area contributed by atoms with E-state index in [2.05, 4.69) is 31.4 Å².